The molecular weight excluding hydrogens is 480 g/mol. The maximum absolute atomic E-state index is 14.4. The van der Waals surface area contributed by atoms with Gasteiger partial charge in [-0.05, 0) is 38.3 Å². The maximum atomic E-state index is 14.4. The second kappa shape index (κ2) is 13.1. The molecule has 0 unspecified atom stereocenters. The van der Waals surface area contributed by atoms with Crippen LogP contribution in [0.1, 0.15) is 83.5 Å². The lowest BCUT2D eigenvalue weighted by molar-refractivity contribution is -0.132. The molecule has 0 radical (unpaired) electrons. The Morgan fingerprint density at radius 2 is 1.68 bits per heavy atom. The highest BCUT2D eigenvalue weighted by Gasteiger charge is 2.25. The average molecular weight is 520 g/mol. The first-order valence-electron chi connectivity index (χ1n) is 13.2. The number of carbonyl (C=O) groups excluding carboxylic acids is 2. The van der Waals surface area contributed by atoms with Gasteiger partial charge in [0.15, 0.2) is 17.5 Å². The lowest BCUT2D eigenvalue weighted by atomic mass is 10.1. The van der Waals surface area contributed by atoms with Crippen LogP contribution in [0.25, 0.3) is 0 Å². The summed E-state index contributed by atoms with van der Waals surface area (Å²) >= 11 is 0. The molecule has 1 aliphatic rings. The van der Waals surface area contributed by atoms with Gasteiger partial charge >= 0.3 is 0 Å². The van der Waals surface area contributed by atoms with E-state index in [-0.39, 0.29) is 43.5 Å². The van der Waals surface area contributed by atoms with Gasteiger partial charge in [-0.3, -0.25) is 9.59 Å². The Morgan fingerprint density at radius 1 is 1.00 bits per heavy atom. The fourth-order valence-corrected chi connectivity index (χ4v) is 4.52. The monoisotopic (exact) mass is 519 g/mol. The molecular formula is C27H39F2N5O3. The van der Waals surface area contributed by atoms with Crippen molar-refractivity contribution in [1.29, 1.82) is 0 Å². The highest BCUT2D eigenvalue weighted by Crippen LogP contribution is 2.28. The zero-order chi connectivity index (χ0) is 27.1. The molecule has 1 aliphatic heterocycles. The molecule has 0 N–H and O–H groups in total. The lowest BCUT2D eigenvalue weighted by Crippen LogP contribution is -2.40. The molecule has 204 valence electrons. The molecule has 8 nitrogen and oxygen atoms in total. The van der Waals surface area contributed by atoms with E-state index in [1.54, 1.807) is 11.8 Å². The molecule has 2 aromatic rings. The van der Waals surface area contributed by atoms with Crippen LogP contribution in [0, 0.1) is 11.6 Å². The van der Waals surface area contributed by atoms with Gasteiger partial charge in [-0.25, -0.2) is 8.78 Å². The summed E-state index contributed by atoms with van der Waals surface area (Å²) in [7, 11) is 0. The van der Waals surface area contributed by atoms with Crippen molar-refractivity contribution in [3.63, 3.8) is 0 Å². The second-order valence-electron chi connectivity index (χ2n) is 10.1. The van der Waals surface area contributed by atoms with Gasteiger partial charge in [0.05, 0.1) is 5.69 Å². The minimum absolute atomic E-state index is 0.0710. The van der Waals surface area contributed by atoms with Crippen molar-refractivity contribution < 1.29 is 22.9 Å². The number of amides is 2. The molecule has 0 aliphatic carbocycles. The summed E-state index contributed by atoms with van der Waals surface area (Å²) < 4.78 is 34.0. The zero-order valence-corrected chi connectivity index (χ0v) is 22.6. The normalized spacial score (nSPS) is 16.0. The summed E-state index contributed by atoms with van der Waals surface area (Å²) in [6.45, 7) is 12.4. The van der Waals surface area contributed by atoms with Crippen molar-refractivity contribution in [3.8, 4) is 0 Å². The number of hydrogen-bond donors (Lipinski definition) is 0. The van der Waals surface area contributed by atoms with Gasteiger partial charge in [-0.1, -0.05) is 25.9 Å². The summed E-state index contributed by atoms with van der Waals surface area (Å²) in [5, 5.41) is 3.95. The van der Waals surface area contributed by atoms with Crippen molar-refractivity contribution in [3.05, 3.63) is 41.0 Å². The SMILES string of the molecule is CCC(=O)N1CCCN(C(C)C)CCCN(C(=O)CCc2nc(C(C)C)no2)Cc2cc(F)c(F)cc21. The first kappa shape index (κ1) is 28.7. The summed E-state index contributed by atoms with van der Waals surface area (Å²) in [5.41, 5.74) is 0.730. The number of aromatic nitrogens is 2. The molecule has 0 fully saturated rings. The first-order chi connectivity index (χ1) is 17.6. The molecule has 1 aromatic heterocycles. The molecule has 0 saturated heterocycles. The largest absolute Gasteiger partial charge is 0.339 e. The highest BCUT2D eigenvalue weighted by molar-refractivity contribution is 5.94. The Labute approximate surface area is 218 Å². The first-order valence-corrected chi connectivity index (χ1v) is 13.2. The minimum Gasteiger partial charge on any atom is -0.339 e. The van der Waals surface area contributed by atoms with Gasteiger partial charge in [0.25, 0.3) is 0 Å². The van der Waals surface area contributed by atoms with Crippen LogP contribution < -0.4 is 4.90 Å². The quantitative estimate of drug-likeness (QED) is 0.551. The van der Waals surface area contributed by atoms with E-state index >= 15 is 0 Å². The fraction of sp³-hybridized carbons (Fsp3) is 0.630. The number of carbonyl (C=O) groups is 2. The van der Waals surface area contributed by atoms with Crippen LogP contribution in [-0.2, 0) is 22.6 Å². The molecule has 3 rings (SSSR count). The molecule has 37 heavy (non-hydrogen) atoms. The predicted molar refractivity (Wildman–Crippen MR) is 137 cm³/mol. The smallest absolute Gasteiger partial charge is 0.227 e. The molecule has 2 heterocycles. The van der Waals surface area contributed by atoms with Crippen molar-refractivity contribution in [2.75, 3.05) is 31.1 Å². The molecule has 0 spiro atoms. The Balaban J connectivity index is 1.90. The van der Waals surface area contributed by atoms with E-state index in [1.807, 2.05) is 13.8 Å². The van der Waals surface area contributed by atoms with Crippen LogP contribution in [0.3, 0.4) is 0 Å². The van der Waals surface area contributed by atoms with Crippen LogP contribution in [0.2, 0.25) is 0 Å². The third-order valence-electron chi connectivity index (χ3n) is 6.71. The van der Waals surface area contributed by atoms with Crippen LogP contribution in [0.4, 0.5) is 14.5 Å². The molecule has 0 bridgehead atoms. The Kier molecular flexibility index (Phi) is 10.1. The van der Waals surface area contributed by atoms with Gasteiger partial charge in [-0.2, -0.15) is 4.98 Å². The second-order valence-corrected chi connectivity index (χ2v) is 10.1. The van der Waals surface area contributed by atoms with Gasteiger partial charge in [0.2, 0.25) is 17.7 Å². The number of rotatable bonds is 6. The zero-order valence-electron chi connectivity index (χ0n) is 22.6. The van der Waals surface area contributed by atoms with Crippen LogP contribution in [-0.4, -0.2) is 64.0 Å². The van der Waals surface area contributed by atoms with E-state index in [0.29, 0.717) is 48.5 Å². The summed E-state index contributed by atoms with van der Waals surface area (Å²) in [4.78, 5) is 36.1. The number of anilines is 1. The van der Waals surface area contributed by atoms with Gasteiger partial charge in [0.1, 0.15) is 0 Å². The van der Waals surface area contributed by atoms with E-state index in [9.17, 15) is 18.4 Å². The number of aryl methyl sites for hydroxylation is 1. The van der Waals surface area contributed by atoms with Crippen LogP contribution >= 0.6 is 0 Å². The third kappa shape index (κ3) is 7.56. The molecule has 10 heteroatoms. The number of halogens is 2. The van der Waals surface area contributed by atoms with Gasteiger partial charge in [-0.15, -0.1) is 0 Å². The Bertz CT molecular complexity index is 1070. The van der Waals surface area contributed by atoms with E-state index in [2.05, 4.69) is 28.9 Å². The van der Waals surface area contributed by atoms with E-state index in [4.69, 9.17) is 4.52 Å². The molecule has 2 amide bonds. The summed E-state index contributed by atoms with van der Waals surface area (Å²) in [5.74, 6) is -1.23. The molecule has 1 aromatic carbocycles. The van der Waals surface area contributed by atoms with Crippen LogP contribution in [0.15, 0.2) is 16.7 Å². The van der Waals surface area contributed by atoms with Crippen LogP contribution in [0.5, 0.6) is 0 Å². The Morgan fingerprint density at radius 3 is 2.30 bits per heavy atom. The standard InChI is InChI=1S/C27H39F2N5O3/c1-6-25(35)34-14-8-12-32(19(4)5)11-7-13-33(17-20-15-21(28)22(29)16-23(20)34)26(36)10-9-24-30-27(18(2)3)31-37-24/h15-16,18-19H,6-14,17H2,1-5H3. The summed E-state index contributed by atoms with van der Waals surface area (Å²) in [6, 6.07) is 2.49. The minimum atomic E-state index is -1.02. The highest BCUT2D eigenvalue weighted by atomic mass is 19.2. The van der Waals surface area contributed by atoms with E-state index < -0.39 is 11.6 Å². The topological polar surface area (TPSA) is 82.8 Å². The fourth-order valence-electron chi connectivity index (χ4n) is 4.52. The number of nitrogens with zero attached hydrogens (tertiary/aromatic N) is 5. The van der Waals surface area contributed by atoms with E-state index in [1.165, 1.54) is 4.90 Å². The van der Waals surface area contributed by atoms with Gasteiger partial charge in [0, 0.05) is 70.0 Å². The average Bonchev–Trinajstić information content (AvgIpc) is 3.33. The van der Waals surface area contributed by atoms with Crippen molar-refractivity contribution >= 4 is 17.5 Å². The third-order valence-corrected chi connectivity index (χ3v) is 6.71. The number of fused-ring (bicyclic) bond motifs is 1. The Hall–Kier alpha value is -2.88. The van der Waals surface area contributed by atoms with Gasteiger partial charge < -0.3 is 19.2 Å². The predicted octanol–water partition coefficient (Wildman–Crippen LogP) is 4.68. The van der Waals surface area contributed by atoms with Crippen molar-refractivity contribution in [2.45, 2.75) is 85.2 Å². The molecule has 0 saturated carbocycles. The lowest BCUT2D eigenvalue weighted by Gasteiger charge is -2.33. The molecule has 0 atom stereocenters. The number of hydrogen-bond acceptors (Lipinski definition) is 6. The van der Waals surface area contributed by atoms with Crippen molar-refractivity contribution in [2.24, 2.45) is 0 Å². The maximum Gasteiger partial charge on any atom is 0.227 e. The summed E-state index contributed by atoms with van der Waals surface area (Å²) in [6.07, 6.45) is 2.10. The van der Waals surface area contributed by atoms with E-state index in [0.717, 1.165) is 31.6 Å². The van der Waals surface area contributed by atoms with Crippen molar-refractivity contribution in [1.82, 2.24) is 19.9 Å². The number of benzene rings is 1.